The SMILES string of the molecule is Cc1csc(CCNc2nc(N)nc(-n3cccn3)n2)n1. The third kappa shape index (κ3) is 3.31. The van der Waals surface area contributed by atoms with Gasteiger partial charge in [-0.3, -0.25) is 0 Å². The van der Waals surface area contributed by atoms with Crippen molar-refractivity contribution >= 4 is 23.2 Å². The van der Waals surface area contributed by atoms with Crippen molar-refractivity contribution in [2.24, 2.45) is 0 Å². The van der Waals surface area contributed by atoms with Gasteiger partial charge < -0.3 is 11.1 Å². The minimum absolute atomic E-state index is 0.156. The number of nitrogens with one attached hydrogen (secondary N) is 1. The number of aryl methyl sites for hydroxylation is 1. The quantitative estimate of drug-likeness (QED) is 0.725. The van der Waals surface area contributed by atoms with Gasteiger partial charge in [0.15, 0.2) is 0 Å². The minimum atomic E-state index is 0.156. The van der Waals surface area contributed by atoms with Gasteiger partial charge in [-0.05, 0) is 13.0 Å². The van der Waals surface area contributed by atoms with Crippen molar-refractivity contribution in [2.75, 3.05) is 17.6 Å². The molecule has 0 fully saturated rings. The van der Waals surface area contributed by atoms with E-state index in [0.717, 1.165) is 17.1 Å². The van der Waals surface area contributed by atoms with E-state index in [-0.39, 0.29) is 5.95 Å². The molecular weight excluding hydrogens is 288 g/mol. The molecule has 0 amide bonds. The summed E-state index contributed by atoms with van der Waals surface area (Å²) in [5.74, 6) is 0.976. The van der Waals surface area contributed by atoms with Crippen LogP contribution in [0.15, 0.2) is 23.8 Å². The minimum Gasteiger partial charge on any atom is -0.368 e. The monoisotopic (exact) mass is 302 g/mol. The smallest absolute Gasteiger partial charge is 0.257 e. The molecule has 0 aliphatic rings. The first-order chi connectivity index (χ1) is 10.2. The topological polar surface area (TPSA) is 107 Å². The molecule has 0 radical (unpaired) electrons. The Labute approximate surface area is 125 Å². The van der Waals surface area contributed by atoms with Crippen LogP contribution in [0.4, 0.5) is 11.9 Å². The van der Waals surface area contributed by atoms with Crippen LogP contribution in [-0.2, 0) is 6.42 Å². The lowest BCUT2D eigenvalue weighted by atomic mass is 10.4. The zero-order chi connectivity index (χ0) is 14.7. The number of aromatic nitrogens is 6. The third-order valence-electron chi connectivity index (χ3n) is 2.64. The van der Waals surface area contributed by atoms with Crippen molar-refractivity contribution in [1.29, 1.82) is 0 Å². The largest absolute Gasteiger partial charge is 0.368 e. The van der Waals surface area contributed by atoms with Gasteiger partial charge in [0, 0.05) is 36.4 Å². The molecule has 0 aromatic carbocycles. The molecule has 3 aromatic rings. The molecule has 0 bridgehead atoms. The fraction of sp³-hybridized carbons (Fsp3) is 0.250. The van der Waals surface area contributed by atoms with E-state index in [9.17, 15) is 0 Å². The van der Waals surface area contributed by atoms with Gasteiger partial charge in [-0.2, -0.15) is 20.1 Å². The Hall–Kier alpha value is -2.55. The molecule has 0 spiro atoms. The fourth-order valence-corrected chi connectivity index (χ4v) is 2.52. The summed E-state index contributed by atoms with van der Waals surface area (Å²) in [4.78, 5) is 16.8. The molecule has 0 aliphatic carbocycles. The number of hydrogen-bond acceptors (Lipinski definition) is 8. The Morgan fingerprint density at radius 3 is 2.90 bits per heavy atom. The maximum absolute atomic E-state index is 5.70. The molecule has 3 aromatic heterocycles. The number of nitrogen functional groups attached to an aromatic ring is 1. The summed E-state index contributed by atoms with van der Waals surface area (Å²) in [5.41, 5.74) is 6.74. The molecule has 0 aliphatic heterocycles. The normalized spacial score (nSPS) is 10.7. The van der Waals surface area contributed by atoms with Crippen molar-refractivity contribution in [2.45, 2.75) is 13.3 Å². The summed E-state index contributed by atoms with van der Waals surface area (Å²) in [6, 6.07) is 1.79. The summed E-state index contributed by atoms with van der Waals surface area (Å²) in [7, 11) is 0. The summed E-state index contributed by atoms with van der Waals surface area (Å²) in [5, 5.41) is 10.3. The van der Waals surface area contributed by atoms with E-state index in [0.29, 0.717) is 18.4 Å². The van der Waals surface area contributed by atoms with Crippen molar-refractivity contribution < 1.29 is 0 Å². The highest BCUT2D eigenvalue weighted by molar-refractivity contribution is 7.09. The molecule has 0 unspecified atom stereocenters. The number of nitrogens with two attached hydrogens (primary N) is 1. The molecule has 0 saturated carbocycles. The van der Waals surface area contributed by atoms with E-state index in [1.165, 1.54) is 4.68 Å². The number of thiazole rings is 1. The van der Waals surface area contributed by atoms with E-state index < -0.39 is 0 Å². The average Bonchev–Trinajstić information content (AvgIpc) is 3.10. The molecule has 8 nitrogen and oxygen atoms in total. The van der Waals surface area contributed by atoms with Gasteiger partial charge in [-0.1, -0.05) is 0 Å². The summed E-state index contributed by atoms with van der Waals surface area (Å²) in [6.07, 6.45) is 4.20. The Morgan fingerprint density at radius 1 is 1.29 bits per heavy atom. The zero-order valence-electron chi connectivity index (χ0n) is 11.4. The molecule has 21 heavy (non-hydrogen) atoms. The molecule has 9 heteroatoms. The van der Waals surface area contributed by atoms with Crippen molar-refractivity contribution in [3.63, 3.8) is 0 Å². The lowest BCUT2D eigenvalue weighted by molar-refractivity contribution is 0.797. The predicted molar refractivity (Wildman–Crippen MR) is 80.4 cm³/mol. The van der Waals surface area contributed by atoms with E-state index in [1.807, 2.05) is 12.3 Å². The highest BCUT2D eigenvalue weighted by atomic mass is 32.1. The van der Waals surface area contributed by atoms with Crippen LogP contribution in [0.1, 0.15) is 10.7 Å². The number of nitrogens with zero attached hydrogens (tertiary/aromatic N) is 6. The van der Waals surface area contributed by atoms with E-state index in [2.05, 4.69) is 30.4 Å². The lowest BCUT2D eigenvalue weighted by Gasteiger charge is -2.06. The lowest BCUT2D eigenvalue weighted by Crippen LogP contribution is -2.13. The van der Waals surface area contributed by atoms with Gasteiger partial charge >= 0.3 is 0 Å². The number of rotatable bonds is 5. The molecule has 0 atom stereocenters. The maximum atomic E-state index is 5.70. The summed E-state index contributed by atoms with van der Waals surface area (Å²) >= 11 is 1.65. The number of anilines is 2. The summed E-state index contributed by atoms with van der Waals surface area (Å²) in [6.45, 7) is 2.66. The molecule has 0 saturated heterocycles. The van der Waals surface area contributed by atoms with Crippen molar-refractivity contribution in [3.05, 3.63) is 34.5 Å². The van der Waals surface area contributed by atoms with Crippen molar-refractivity contribution in [3.8, 4) is 5.95 Å². The standard InChI is InChI=1S/C12H14N8S/c1-8-7-21-9(16-8)3-5-14-11-17-10(13)18-12(19-11)20-6-2-4-15-20/h2,4,6-7H,3,5H2,1H3,(H3,13,14,17,18,19). The molecule has 108 valence electrons. The van der Waals surface area contributed by atoms with Crippen LogP contribution < -0.4 is 11.1 Å². The first-order valence-electron chi connectivity index (χ1n) is 6.37. The Kier molecular flexibility index (Phi) is 3.73. The van der Waals surface area contributed by atoms with Gasteiger partial charge in [0.05, 0.1) is 5.01 Å². The summed E-state index contributed by atoms with van der Waals surface area (Å²) < 4.78 is 1.54. The fourth-order valence-electron chi connectivity index (χ4n) is 1.75. The molecule has 3 N–H and O–H groups in total. The second-order valence-corrected chi connectivity index (χ2v) is 5.27. The second-order valence-electron chi connectivity index (χ2n) is 4.33. The predicted octanol–water partition coefficient (Wildman–Crippen LogP) is 1.06. The maximum Gasteiger partial charge on any atom is 0.257 e. The van der Waals surface area contributed by atoms with Crippen LogP contribution >= 0.6 is 11.3 Å². The van der Waals surface area contributed by atoms with Crippen LogP contribution in [0.5, 0.6) is 0 Å². The third-order valence-corrected chi connectivity index (χ3v) is 3.67. The highest BCUT2D eigenvalue weighted by Gasteiger charge is 2.06. The Morgan fingerprint density at radius 2 is 2.19 bits per heavy atom. The second kappa shape index (κ2) is 5.83. The Bertz CT molecular complexity index is 721. The molecule has 3 heterocycles. The number of hydrogen-bond donors (Lipinski definition) is 2. The first-order valence-corrected chi connectivity index (χ1v) is 7.25. The molecular formula is C12H14N8S. The van der Waals surface area contributed by atoms with Crippen LogP contribution in [-0.4, -0.2) is 36.3 Å². The van der Waals surface area contributed by atoms with Crippen LogP contribution in [0.25, 0.3) is 5.95 Å². The molecule has 3 rings (SSSR count). The van der Waals surface area contributed by atoms with Gasteiger partial charge in [-0.15, -0.1) is 11.3 Å². The van der Waals surface area contributed by atoms with Gasteiger partial charge in [0.2, 0.25) is 11.9 Å². The Balaban J connectivity index is 1.68. The van der Waals surface area contributed by atoms with Crippen LogP contribution in [0, 0.1) is 6.92 Å². The van der Waals surface area contributed by atoms with E-state index >= 15 is 0 Å². The van der Waals surface area contributed by atoms with Gasteiger partial charge in [0.25, 0.3) is 5.95 Å². The van der Waals surface area contributed by atoms with E-state index in [1.54, 1.807) is 29.8 Å². The highest BCUT2D eigenvalue weighted by Crippen LogP contribution is 2.10. The van der Waals surface area contributed by atoms with Gasteiger partial charge in [-0.25, -0.2) is 9.67 Å². The van der Waals surface area contributed by atoms with Crippen molar-refractivity contribution in [1.82, 2.24) is 29.7 Å². The van der Waals surface area contributed by atoms with Gasteiger partial charge in [0.1, 0.15) is 0 Å². The van der Waals surface area contributed by atoms with Crippen LogP contribution in [0.3, 0.4) is 0 Å². The zero-order valence-corrected chi connectivity index (χ0v) is 12.2. The first kappa shape index (κ1) is 13.4. The average molecular weight is 302 g/mol. The van der Waals surface area contributed by atoms with E-state index in [4.69, 9.17) is 5.73 Å². The van der Waals surface area contributed by atoms with Crippen LogP contribution in [0.2, 0.25) is 0 Å².